The molecule has 1 N–H and O–H groups in total. The van der Waals surface area contributed by atoms with Crippen LogP contribution < -0.4 is 10.1 Å². The van der Waals surface area contributed by atoms with E-state index in [0.29, 0.717) is 10.8 Å². The summed E-state index contributed by atoms with van der Waals surface area (Å²) in [6.07, 6.45) is 8.50. The van der Waals surface area contributed by atoms with Crippen molar-refractivity contribution in [3.8, 4) is 5.75 Å². The van der Waals surface area contributed by atoms with E-state index in [9.17, 15) is 0 Å². The first-order valence-electron chi connectivity index (χ1n) is 8.07. The summed E-state index contributed by atoms with van der Waals surface area (Å²) in [6, 6.07) is 8.73. The molecule has 0 radical (unpaired) electrons. The van der Waals surface area contributed by atoms with Crippen molar-refractivity contribution in [2.24, 2.45) is 5.41 Å². The van der Waals surface area contributed by atoms with E-state index in [4.69, 9.17) is 4.74 Å². The number of benzene rings is 1. The maximum atomic E-state index is 5.42. The van der Waals surface area contributed by atoms with Crippen LogP contribution in [0.1, 0.15) is 51.0 Å². The highest BCUT2D eigenvalue weighted by atomic mass is 16.5. The topological polar surface area (TPSA) is 21.3 Å². The first kappa shape index (κ1) is 13.9. The molecule has 0 unspecified atom stereocenters. The summed E-state index contributed by atoms with van der Waals surface area (Å²) in [5.41, 5.74) is 2.48. The standard InChI is InChI=1S/C18H27NO/c1-3-19-14-18(12-17(13-18)9-4-5-10-17)15-7-6-8-16(11-15)20-2/h6-8,11,19H,3-5,9-10,12-14H2,1-2H3. The zero-order valence-corrected chi connectivity index (χ0v) is 12.9. The van der Waals surface area contributed by atoms with Crippen LogP contribution in [-0.4, -0.2) is 20.2 Å². The molecule has 2 heteroatoms. The average molecular weight is 273 g/mol. The number of hydrogen-bond donors (Lipinski definition) is 1. The van der Waals surface area contributed by atoms with Crippen molar-refractivity contribution in [1.29, 1.82) is 0 Å². The van der Waals surface area contributed by atoms with Gasteiger partial charge in [0.05, 0.1) is 7.11 Å². The number of ether oxygens (including phenoxy) is 1. The highest BCUT2D eigenvalue weighted by molar-refractivity contribution is 5.37. The lowest BCUT2D eigenvalue weighted by Crippen LogP contribution is -2.53. The van der Waals surface area contributed by atoms with Gasteiger partial charge >= 0.3 is 0 Å². The Bertz CT molecular complexity index is 454. The lowest BCUT2D eigenvalue weighted by molar-refractivity contribution is 0.0272. The first-order chi connectivity index (χ1) is 9.72. The average Bonchev–Trinajstić information content (AvgIpc) is 2.93. The predicted octanol–water partition coefficient (Wildman–Crippen LogP) is 3.90. The second-order valence-corrected chi connectivity index (χ2v) is 6.85. The van der Waals surface area contributed by atoms with Crippen LogP contribution in [0.15, 0.2) is 24.3 Å². The van der Waals surface area contributed by atoms with E-state index in [0.717, 1.165) is 18.8 Å². The molecular formula is C18H27NO. The number of hydrogen-bond acceptors (Lipinski definition) is 2. The molecule has 1 spiro atoms. The fourth-order valence-electron chi connectivity index (χ4n) is 4.61. The van der Waals surface area contributed by atoms with Gasteiger partial charge in [0, 0.05) is 12.0 Å². The summed E-state index contributed by atoms with van der Waals surface area (Å²) >= 11 is 0. The van der Waals surface area contributed by atoms with Gasteiger partial charge in [-0.05, 0) is 55.3 Å². The van der Waals surface area contributed by atoms with Gasteiger partial charge in [0.1, 0.15) is 5.75 Å². The van der Waals surface area contributed by atoms with Gasteiger partial charge in [-0.2, -0.15) is 0 Å². The van der Waals surface area contributed by atoms with Crippen molar-refractivity contribution in [3.63, 3.8) is 0 Å². The molecule has 2 aliphatic carbocycles. The molecule has 0 aromatic heterocycles. The maximum absolute atomic E-state index is 5.42. The molecule has 1 aromatic carbocycles. The largest absolute Gasteiger partial charge is 0.497 e. The molecule has 0 saturated heterocycles. The second-order valence-electron chi connectivity index (χ2n) is 6.85. The lowest BCUT2D eigenvalue weighted by Gasteiger charge is -2.56. The molecule has 2 aliphatic rings. The quantitative estimate of drug-likeness (QED) is 0.878. The Labute approximate surface area is 122 Å². The molecule has 3 rings (SSSR count). The monoisotopic (exact) mass is 273 g/mol. The van der Waals surface area contributed by atoms with Crippen LogP contribution in [0, 0.1) is 5.41 Å². The molecule has 2 nitrogen and oxygen atoms in total. The third kappa shape index (κ3) is 2.35. The minimum Gasteiger partial charge on any atom is -0.497 e. The number of methoxy groups -OCH3 is 1. The van der Waals surface area contributed by atoms with Crippen LogP contribution in [-0.2, 0) is 5.41 Å². The highest BCUT2D eigenvalue weighted by Gasteiger charge is 2.55. The predicted molar refractivity (Wildman–Crippen MR) is 83.4 cm³/mol. The smallest absolute Gasteiger partial charge is 0.119 e. The fourth-order valence-corrected chi connectivity index (χ4v) is 4.61. The molecule has 20 heavy (non-hydrogen) atoms. The van der Waals surface area contributed by atoms with Crippen LogP contribution in [0.2, 0.25) is 0 Å². The minimum atomic E-state index is 0.342. The summed E-state index contributed by atoms with van der Waals surface area (Å²) in [5.74, 6) is 0.991. The molecular weight excluding hydrogens is 246 g/mol. The van der Waals surface area contributed by atoms with Crippen molar-refractivity contribution in [3.05, 3.63) is 29.8 Å². The van der Waals surface area contributed by atoms with Crippen molar-refractivity contribution < 1.29 is 4.74 Å². The summed E-state index contributed by atoms with van der Waals surface area (Å²) in [6.45, 7) is 4.36. The molecule has 0 heterocycles. The molecule has 2 saturated carbocycles. The zero-order chi connectivity index (χ0) is 14.1. The van der Waals surface area contributed by atoms with Gasteiger partial charge in [0.25, 0.3) is 0 Å². The number of likely N-dealkylation sites (N-methyl/N-ethyl adjacent to an activating group) is 1. The van der Waals surface area contributed by atoms with E-state index in [1.807, 2.05) is 0 Å². The van der Waals surface area contributed by atoms with Crippen LogP contribution in [0.4, 0.5) is 0 Å². The Kier molecular flexibility index (Phi) is 3.76. The third-order valence-corrected chi connectivity index (χ3v) is 5.49. The molecule has 1 aromatic rings. The van der Waals surface area contributed by atoms with Crippen molar-refractivity contribution >= 4 is 0 Å². The van der Waals surface area contributed by atoms with Crippen LogP contribution in [0.5, 0.6) is 5.75 Å². The van der Waals surface area contributed by atoms with Gasteiger partial charge in [-0.1, -0.05) is 31.9 Å². The van der Waals surface area contributed by atoms with E-state index in [1.54, 1.807) is 7.11 Å². The van der Waals surface area contributed by atoms with Crippen molar-refractivity contribution in [1.82, 2.24) is 5.32 Å². The van der Waals surface area contributed by atoms with E-state index >= 15 is 0 Å². The number of rotatable bonds is 5. The number of nitrogens with one attached hydrogen (secondary N) is 1. The third-order valence-electron chi connectivity index (χ3n) is 5.49. The lowest BCUT2D eigenvalue weighted by atomic mass is 9.49. The van der Waals surface area contributed by atoms with Crippen LogP contribution >= 0.6 is 0 Å². The van der Waals surface area contributed by atoms with E-state index in [2.05, 4.69) is 36.5 Å². The molecule has 0 atom stereocenters. The van der Waals surface area contributed by atoms with Gasteiger partial charge in [-0.15, -0.1) is 0 Å². The summed E-state index contributed by atoms with van der Waals surface area (Å²) in [4.78, 5) is 0. The molecule has 110 valence electrons. The summed E-state index contributed by atoms with van der Waals surface area (Å²) in [5, 5.41) is 3.59. The Hall–Kier alpha value is -1.02. The second kappa shape index (κ2) is 5.40. The van der Waals surface area contributed by atoms with Crippen molar-refractivity contribution in [2.45, 2.75) is 50.9 Å². The van der Waals surface area contributed by atoms with Crippen LogP contribution in [0.3, 0.4) is 0 Å². The van der Waals surface area contributed by atoms with Gasteiger partial charge < -0.3 is 10.1 Å². The molecule has 2 fully saturated rings. The molecule has 0 amide bonds. The van der Waals surface area contributed by atoms with E-state index < -0.39 is 0 Å². The molecule has 0 bridgehead atoms. The Morgan fingerprint density at radius 2 is 1.95 bits per heavy atom. The SMILES string of the molecule is CCNCC1(c2cccc(OC)c2)CC2(CCCC2)C1. The fraction of sp³-hybridized carbons (Fsp3) is 0.667. The van der Waals surface area contributed by atoms with Crippen LogP contribution in [0.25, 0.3) is 0 Å². The highest BCUT2D eigenvalue weighted by Crippen LogP contribution is 2.62. The normalized spacial score (nSPS) is 22.7. The first-order valence-corrected chi connectivity index (χ1v) is 8.07. The maximum Gasteiger partial charge on any atom is 0.119 e. The van der Waals surface area contributed by atoms with Crippen molar-refractivity contribution in [2.75, 3.05) is 20.2 Å². The Morgan fingerprint density at radius 1 is 1.20 bits per heavy atom. The summed E-state index contributed by atoms with van der Waals surface area (Å²) in [7, 11) is 1.76. The zero-order valence-electron chi connectivity index (χ0n) is 12.9. The van der Waals surface area contributed by atoms with Gasteiger partial charge in [0.2, 0.25) is 0 Å². The Morgan fingerprint density at radius 3 is 2.60 bits per heavy atom. The van der Waals surface area contributed by atoms with E-state index in [1.165, 1.54) is 44.1 Å². The van der Waals surface area contributed by atoms with Gasteiger partial charge in [-0.25, -0.2) is 0 Å². The van der Waals surface area contributed by atoms with E-state index in [-0.39, 0.29) is 0 Å². The molecule has 0 aliphatic heterocycles. The summed E-state index contributed by atoms with van der Waals surface area (Å²) < 4.78 is 5.42. The van der Waals surface area contributed by atoms with Gasteiger partial charge in [-0.3, -0.25) is 0 Å². The van der Waals surface area contributed by atoms with Gasteiger partial charge in [0.15, 0.2) is 0 Å². The minimum absolute atomic E-state index is 0.342. The Balaban J connectivity index is 1.83.